The van der Waals surface area contributed by atoms with Crippen LogP contribution in [0.5, 0.6) is 11.5 Å². The third-order valence-electron chi connectivity index (χ3n) is 6.80. The van der Waals surface area contributed by atoms with Crippen molar-refractivity contribution < 1.29 is 28.6 Å². The van der Waals surface area contributed by atoms with E-state index < -0.39 is 11.8 Å². The van der Waals surface area contributed by atoms with E-state index in [1.165, 1.54) is 0 Å². The van der Waals surface area contributed by atoms with Gasteiger partial charge in [-0.25, -0.2) is 0 Å². The number of allylic oxidation sites excluding steroid dienone is 4. The molecule has 0 saturated carbocycles. The van der Waals surface area contributed by atoms with Gasteiger partial charge < -0.3 is 19.5 Å². The Balaban J connectivity index is 1.48. The highest BCUT2D eigenvalue weighted by Gasteiger charge is 2.42. The molecule has 0 unspecified atom stereocenters. The zero-order chi connectivity index (χ0) is 26.8. The molecular formula is C29H27Cl2NO6. The van der Waals surface area contributed by atoms with Crippen LogP contribution >= 0.6 is 23.2 Å². The summed E-state index contributed by atoms with van der Waals surface area (Å²) in [5.41, 5.74) is 2.17. The van der Waals surface area contributed by atoms with Crippen molar-refractivity contribution in [1.82, 2.24) is 0 Å². The Labute approximate surface area is 230 Å². The number of nitrogens with one attached hydrogen (secondary N) is 1. The molecule has 0 saturated heterocycles. The molecular weight excluding hydrogens is 529 g/mol. The van der Waals surface area contributed by atoms with Crippen LogP contribution in [0.1, 0.15) is 56.9 Å². The van der Waals surface area contributed by atoms with Crippen molar-refractivity contribution in [3.8, 4) is 11.5 Å². The number of hydrogen-bond acceptors (Lipinski definition) is 6. The van der Waals surface area contributed by atoms with Crippen LogP contribution in [0.15, 0.2) is 59.1 Å². The predicted molar refractivity (Wildman–Crippen MR) is 144 cm³/mol. The maximum absolute atomic E-state index is 13.1. The molecule has 0 atom stereocenters. The average Bonchev–Trinajstić information content (AvgIpc) is 2.89. The standard InChI is InChI=1S/C29H27Cl2NO6/c1-2-36-24-14-16(13-18(31)29(24)37-15-25(35)32-19-8-4-3-7-17(19)30)26-27-20(33)9-5-11-22(27)38-23-12-6-10-21(34)28(23)26/h3-4,7-8,13-14,26H,2,5-6,9-12,15H2,1H3,(H,32,35). The second kappa shape index (κ2) is 11.2. The van der Waals surface area contributed by atoms with Gasteiger partial charge in [0.05, 0.1) is 22.3 Å². The minimum Gasteiger partial charge on any atom is -0.490 e. The van der Waals surface area contributed by atoms with Gasteiger partial charge in [0.25, 0.3) is 5.91 Å². The molecule has 5 rings (SSSR count). The predicted octanol–water partition coefficient (Wildman–Crippen LogP) is 6.54. The summed E-state index contributed by atoms with van der Waals surface area (Å²) < 4.78 is 17.8. The Morgan fingerprint density at radius 3 is 2.24 bits per heavy atom. The Hall–Kier alpha value is -3.29. The van der Waals surface area contributed by atoms with Crippen molar-refractivity contribution in [2.24, 2.45) is 0 Å². The van der Waals surface area contributed by atoms with Crippen LogP contribution < -0.4 is 14.8 Å². The van der Waals surface area contributed by atoms with E-state index in [0.717, 1.165) is 12.8 Å². The molecule has 198 valence electrons. The number of hydrogen-bond donors (Lipinski definition) is 1. The summed E-state index contributed by atoms with van der Waals surface area (Å²) in [6, 6.07) is 10.3. The van der Waals surface area contributed by atoms with Crippen LogP contribution in [0, 0.1) is 0 Å². The topological polar surface area (TPSA) is 90.9 Å². The minimum absolute atomic E-state index is 0.0215. The van der Waals surface area contributed by atoms with E-state index in [1.54, 1.807) is 36.4 Å². The summed E-state index contributed by atoms with van der Waals surface area (Å²) in [5, 5.41) is 3.32. The van der Waals surface area contributed by atoms with Gasteiger partial charge in [0, 0.05) is 42.7 Å². The molecule has 1 heterocycles. The molecule has 0 bridgehead atoms. The lowest BCUT2D eigenvalue weighted by atomic mass is 9.73. The first-order valence-corrected chi connectivity index (χ1v) is 13.5. The highest BCUT2D eigenvalue weighted by molar-refractivity contribution is 6.33. The van der Waals surface area contributed by atoms with Crippen molar-refractivity contribution in [1.29, 1.82) is 0 Å². The number of rotatable bonds is 7. The van der Waals surface area contributed by atoms with Gasteiger partial charge in [-0.3, -0.25) is 14.4 Å². The van der Waals surface area contributed by atoms with E-state index >= 15 is 0 Å². The molecule has 38 heavy (non-hydrogen) atoms. The van der Waals surface area contributed by atoms with Crippen LogP contribution in [-0.4, -0.2) is 30.7 Å². The maximum atomic E-state index is 13.1. The molecule has 7 nitrogen and oxygen atoms in total. The summed E-state index contributed by atoms with van der Waals surface area (Å²) in [7, 11) is 0. The Morgan fingerprint density at radius 2 is 1.61 bits per heavy atom. The number of benzene rings is 2. The number of carbonyl (C=O) groups excluding carboxylic acids is 3. The van der Waals surface area contributed by atoms with Gasteiger partial charge in [-0.1, -0.05) is 35.3 Å². The van der Waals surface area contributed by atoms with E-state index in [-0.39, 0.29) is 28.9 Å². The molecule has 0 spiro atoms. The Bertz CT molecular complexity index is 1340. The van der Waals surface area contributed by atoms with Crippen molar-refractivity contribution >= 4 is 46.4 Å². The number of para-hydroxylation sites is 1. The van der Waals surface area contributed by atoms with E-state index in [4.69, 9.17) is 37.4 Å². The van der Waals surface area contributed by atoms with Gasteiger partial charge in [-0.15, -0.1) is 0 Å². The lowest BCUT2D eigenvalue weighted by molar-refractivity contribution is -0.119. The van der Waals surface area contributed by atoms with Crippen LogP contribution in [0.2, 0.25) is 10.0 Å². The number of amides is 1. The van der Waals surface area contributed by atoms with E-state index in [1.807, 2.05) is 6.92 Å². The molecule has 0 aromatic heterocycles. The number of anilines is 1. The highest BCUT2D eigenvalue weighted by atomic mass is 35.5. The second-order valence-electron chi connectivity index (χ2n) is 9.34. The normalized spacial score (nSPS) is 17.6. The van der Waals surface area contributed by atoms with Gasteiger partial charge in [0.1, 0.15) is 11.5 Å². The lowest BCUT2D eigenvalue weighted by Gasteiger charge is -2.36. The molecule has 1 N–H and O–H groups in total. The monoisotopic (exact) mass is 555 g/mol. The Kier molecular flexibility index (Phi) is 7.77. The lowest BCUT2D eigenvalue weighted by Crippen LogP contribution is -2.30. The SMILES string of the molecule is CCOc1cc(C2C3=C(CCCC3=O)OC3=C2C(=O)CCC3)cc(Cl)c1OCC(=O)Nc1ccccc1Cl. The molecule has 2 aliphatic carbocycles. The molecule has 1 amide bonds. The third-order valence-corrected chi connectivity index (χ3v) is 7.41. The van der Waals surface area contributed by atoms with Gasteiger partial charge in [-0.2, -0.15) is 0 Å². The molecule has 3 aliphatic rings. The quantitative estimate of drug-likeness (QED) is 0.417. The number of ether oxygens (including phenoxy) is 3. The van der Waals surface area contributed by atoms with Crippen molar-refractivity contribution in [3.05, 3.63) is 74.7 Å². The van der Waals surface area contributed by atoms with Gasteiger partial charge in [0.2, 0.25) is 0 Å². The van der Waals surface area contributed by atoms with Crippen LogP contribution in [0.3, 0.4) is 0 Å². The van der Waals surface area contributed by atoms with Crippen molar-refractivity contribution in [3.63, 3.8) is 0 Å². The maximum Gasteiger partial charge on any atom is 0.262 e. The zero-order valence-electron chi connectivity index (χ0n) is 20.9. The van der Waals surface area contributed by atoms with Crippen LogP contribution in [0.25, 0.3) is 0 Å². The van der Waals surface area contributed by atoms with Crippen LogP contribution in [0.4, 0.5) is 5.69 Å². The molecule has 0 radical (unpaired) electrons. The summed E-state index contributed by atoms with van der Waals surface area (Å²) in [5.74, 6) is 0.767. The third kappa shape index (κ3) is 5.18. The summed E-state index contributed by atoms with van der Waals surface area (Å²) in [4.78, 5) is 38.7. The fraction of sp³-hybridized carbons (Fsp3) is 0.345. The van der Waals surface area contributed by atoms with E-state index in [9.17, 15) is 14.4 Å². The zero-order valence-corrected chi connectivity index (χ0v) is 22.4. The number of Topliss-reactive ketones (excluding diaryl/α,β-unsaturated/α-hetero) is 2. The first-order valence-electron chi connectivity index (χ1n) is 12.7. The summed E-state index contributed by atoms with van der Waals surface area (Å²) in [6.07, 6.45) is 3.54. The number of carbonyl (C=O) groups is 3. The smallest absolute Gasteiger partial charge is 0.262 e. The minimum atomic E-state index is -0.580. The molecule has 2 aromatic carbocycles. The fourth-order valence-electron chi connectivity index (χ4n) is 5.20. The average molecular weight is 556 g/mol. The number of halogens is 2. The van der Waals surface area contributed by atoms with E-state index in [2.05, 4.69) is 5.32 Å². The van der Waals surface area contributed by atoms with Gasteiger partial charge in [-0.05, 0) is 49.6 Å². The largest absolute Gasteiger partial charge is 0.490 e. The first kappa shape index (κ1) is 26.3. The molecule has 9 heteroatoms. The van der Waals surface area contributed by atoms with Gasteiger partial charge in [0.15, 0.2) is 29.7 Å². The summed E-state index contributed by atoms with van der Waals surface area (Å²) >= 11 is 12.8. The molecule has 2 aromatic rings. The number of ketones is 2. The van der Waals surface area contributed by atoms with E-state index in [0.29, 0.717) is 77.0 Å². The fourth-order valence-corrected chi connectivity index (χ4v) is 5.65. The van der Waals surface area contributed by atoms with Crippen molar-refractivity contribution in [2.45, 2.75) is 51.4 Å². The first-order chi connectivity index (χ1) is 18.4. The van der Waals surface area contributed by atoms with Crippen molar-refractivity contribution in [2.75, 3.05) is 18.5 Å². The molecule has 0 fully saturated rings. The Morgan fingerprint density at radius 1 is 0.947 bits per heavy atom. The van der Waals surface area contributed by atoms with Crippen LogP contribution in [-0.2, 0) is 19.1 Å². The van der Waals surface area contributed by atoms with Gasteiger partial charge >= 0.3 is 0 Å². The second-order valence-corrected chi connectivity index (χ2v) is 10.2. The molecule has 1 aliphatic heterocycles. The summed E-state index contributed by atoms with van der Waals surface area (Å²) in [6.45, 7) is 1.80. The highest BCUT2D eigenvalue weighted by Crippen LogP contribution is 2.50.